The lowest BCUT2D eigenvalue weighted by Gasteiger charge is -2.43. The summed E-state index contributed by atoms with van der Waals surface area (Å²) < 4.78 is 22.1. The third-order valence-electron chi connectivity index (χ3n) is 5.66. The molecule has 3 aliphatic heterocycles. The molecule has 0 amide bonds. The third-order valence-corrected chi connectivity index (χ3v) is 5.66. The van der Waals surface area contributed by atoms with E-state index >= 15 is 0 Å². The molecule has 0 aliphatic carbocycles. The van der Waals surface area contributed by atoms with Crippen LogP contribution in [0.5, 0.6) is 23.0 Å². The minimum atomic E-state index is -0.547. The van der Waals surface area contributed by atoms with Crippen molar-refractivity contribution in [2.75, 3.05) is 27.6 Å². The Morgan fingerprint density at radius 1 is 1.08 bits per heavy atom. The fourth-order valence-electron chi connectivity index (χ4n) is 4.42. The maximum Gasteiger partial charge on any atom is 0.231 e. The second-order valence-corrected chi connectivity index (χ2v) is 6.94. The van der Waals surface area contributed by atoms with Crippen LogP contribution in [0.3, 0.4) is 0 Å². The number of hydrogen-bond acceptors (Lipinski definition) is 6. The summed E-state index contributed by atoms with van der Waals surface area (Å²) in [5.74, 6) is 3.01. The van der Waals surface area contributed by atoms with Gasteiger partial charge in [0.05, 0.1) is 20.3 Å². The van der Waals surface area contributed by atoms with Crippen molar-refractivity contribution in [2.24, 2.45) is 0 Å². The van der Waals surface area contributed by atoms with Crippen LogP contribution < -0.4 is 18.9 Å². The first-order valence-corrected chi connectivity index (χ1v) is 8.78. The van der Waals surface area contributed by atoms with Gasteiger partial charge in [0, 0.05) is 24.7 Å². The van der Waals surface area contributed by atoms with Gasteiger partial charge < -0.3 is 24.1 Å². The van der Waals surface area contributed by atoms with E-state index in [2.05, 4.69) is 11.0 Å². The lowest BCUT2D eigenvalue weighted by Crippen LogP contribution is -2.41. The molecule has 0 saturated carbocycles. The number of hydrogen-bond donors (Lipinski definition) is 1. The van der Waals surface area contributed by atoms with E-state index in [4.69, 9.17) is 18.9 Å². The van der Waals surface area contributed by atoms with Crippen molar-refractivity contribution in [2.45, 2.75) is 25.1 Å². The average molecular weight is 355 g/mol. The summed E-state index contributed by atoms with van der Waals surface area (Å²) in [6.45, 7) is 1.53. The highest BCUT2D eigenvalue weighted by Crippen LogP contribution is 2.48. The zero-order valence-corrected chi connectivity index (χ0v) is 14.8. The molecule has 3 aliphatic rings. The Bertz CT molecular complexity index is 881. The molecule has 2 aromatic carbocycles. The van der Waals surface area contributed by atoms with Gasteiger partial charge in [0.15, 0.2) is 23.0 Å². The monoisotopic (exact) mass is 355 g/mol. The van der Waals surface area contributed by atoms with Crippen molar-refractivity contribution in [1.29, 1.82) is 0 Å². The molecule has 0 aromatic heterocycles. The van der Waals surface area contributed by atoms with Gasteiger partial charge in [-0.3, -0.25) is 4.90 Å². The molecule has 0 fully saturated rings. The van der Waals surface area contributed by atoms with Gasteiger partial charge in [0.1, 0.15) is 0 Å². The zero-order valence-electron chi connectivity index (χ0n) is 14.8. The van der Waals surface area contributed by atoms with E-state index in [-0.39, 0.29) is 12.8 Å². The number of aliphatic hydroxyl groups is 1. The first kappa shape index (κ1) is 15.8. The van der Waals surface area contributed by atoms with Gasteiger partial charge in [-0.25, -0.2) is 0 Å². The molecule has 3 heterocycles. The summed E-state index contributed by atoms with van der Waals surface area (Å²) in [5.41, 5.74) is 4.45. The fraction of sp³-hybridized carbons (Fsp3) is 0.400. The van der Waals surface area contributed by atoms with Crippen molar-refractivity contribution in [3.63, 3.8) is 0 Å². The van der Waals surface area contributed by atoms with E-state index in [0.717, 1.165) is 46.1 Å². The summed E-state index contributed by atoms with van der Waals surface area (Å²) in [7, 11) is 3.32. The Balaban J connectivity index is 1.60. The van der Waals surface area contributed by atoms with Crippen LogP contribution in [0.25, 0.3) is 0 Å². The van der Waals surface area contributed by atoms with Gasteiger partial charge in [-0.05, 0) is 41.3 Å². The van der Waals surface area contributed by atoms with Gasteiger partial charge in [0.2, 0.25) is 6.79 Å². The van der Waals surface area contributed by atoms with Crippen molar-refractivity contribution in [3.8, 4) is 23.0 Å². The summed E-state index contributed by atoms with van der Waals surface area (Å²) >= 11 is 0. The van der Waals surface area contributed by atoms with Crippen LogP contribution in [0, 0.1) is 0 Å². The number of nitrogens with zero attached hydrogens (tertiary/aromatic N) is 1. The number of aliphatic hydroxyl groups excluding tert-OH is 1. The molecule has 0 saturated heterocycles. The van der Waals surface area contributed by atoms with Crippen LogP contribution >= 0.6 is 0 Å². The molecule has 2 aromatic rings. The first-order chi connectivity index (χ1) is 12.7. The molecule has 0 spiro atoms. The highest BCUT2D eigenvalue weighted by molar-refractivity contribution is 5.55. The third kappa shape index (κ3) is 2.19. The van der Waals surface area contributed by atoms with Gasteiger partial charge in [-0.15, -0.1) is 0 Å². The number of benzene rings is 2. The molecule has 5 rings (SSSR count). The van der Waals surface area contributed by atoms with Crippen LogP contribution in [0.15, 0.2) is 24.3 Å². The van der Waals surface area contributed by atoms with Crippen LogP contribution in [-0.2, 0) is 13.0 Å². The molecule has 0 radical (unpaired) electrons. The molecule has 1 N–H and O–H groups in total. The smallest absolute Gasteiger partial charge is 0.231 e. The lowest BCUT2D eigenvalue weighted by atomic mass is 9.82. The number of fused-ring (bicyclic) bond motifs is 5. The SMILES string of the molecule is COc1ccc2c(c1OC)CN1CC(O)c3cc4c(cc3C1C2)OCO4. The van der Waals surface area contributed by atoms with Crippen LogP contribution in [0.2, 0.25) is 0 Å². The van der Waals surface area contributed by atoms with Crippen molar-refractivity contribution >= 4 is 0 Å². The Morgan fingerprint density at radius 3 is 2.58 bits per heavy atom. The predicted molar refractivity (Wildman–Crippen MR) is 93.9 cm³/mol. The largest absolute Gasteiger partial charge is 0.493 e. The molecule has 136 valence electrons. The van der Waals surface area contributed by atoms with E-state index in [1.165, 1.54) is 5.56 Å². The van der Waals surface area contributed by atoms with Crippen LogP contribution in [0.1, 0.15) is 34.4 Å². The second kappa shape index (κ2) is 5.79. The number of ether oxygens (including phenoxy) is 4. The lowest BCUT2D eigenvalue weighted by molar-refractivity contribution is 0.0539. The number of methoxy groups -OCH3 is 2. The normalized spacial score (nSPS) is 23.0. The molecular weight excluding hydrogens is 334 g/mol. The predicted octanol–water partition coefficient (Wildman–Crippen LogP) is 2.58. The van der Waals surface area contributed by atoms with Crippen LogP contribution in [-0.4, -0.2) is 37.6 Å². The molecule has 2 atom stereocenters. The summed E-state index contributed by atoms with van der Waals surface area (Å²) in [5, 5.41) is 10.7. The number of rotatable bonds is 2. The molecule has 6 heteroatoms. The van der Waals surface area contributed by atoms with Gasteiger partial charge >= 0.3 is 0 Å². The Hall–Kier alpha value is -2.44. The van der Waals surface area contributed by atoms with Crippen molar-refractivity contribution in [1.82, 2.24) is 4.90 Å². The van der Waals surface area contributed by atoms with E-state index in [1.807, 2.05) is 18.2 Å². The zero-order chi connectivity index (χ0) is 17.8. The van der Waals surface area contributed by atoms with E-state index in [9.17, 15) is 5.11 Å². The van der Waals surface area contributed by atoms with Gasteiger partial charge in [-0.2, -0.15) is 0 Å². The summed E-state index contributed by atoms with van der Waals surface area (Å²) in [4.78, 5) is 2.31. The molecule has 26 heavy (non-hydrogen) atoms. The van der Waals surface area contributed by atoms with Gasteiger partial charge in [0.25, 0.3) is 0 Å². The topological polar surface area (TPSA) is 60.4 Å². The van der Waals surface area contributed by atoms with Crippen LogP contribution in [0.4, 0.5) is 0 Å². The van der Waals surface area contributed by atoms with E-state index in [0.29, 0.717) is 13.1 Å². The minimum absolute atomic E-state index is 0.202. The Kier molecular flexibility index (Phi) is 3.52. The maximum absolute atomic E-state index is 10.7. The molecule has 2 unspecified atom stereocenters. The van der Waals surface area contributed by atoms with Crippen molar-refractivity contribution < 1.29 is 24.1 Å². The minimum Gasteiger partial charge on any atom is -0.493 e. The highest BCUT2D eigenvalue weighted by Gasteiger charge is 2.38. The van der Waals surface area contributed by atoms with E-state index in [1.54, 1.807) is 14.2 Å². The van der Waals surface area contributed by atoms with E-state index < -0.39 is 6.10 Å². The highest BCUT2D eigenvalue weighted by atomic mass is 16.7. The fourth-order valence-corrected chi connectivity index (χ4v) is 4.42. The first-order valence-electron chi connectivity index (χ1n) is 8.78. The average Bonchev–Trinajstić information content (AvgIpc) is 3.12. The standard InChI is InChI=1S/C20H21NO5/c1-23-17-4-3-11-5-15-12-6-18-19(26-10-25-18)7-13(12)16(22)9-21(15)8-14(11)20(17)24-2/h3-4,6-7,15-16,22H,5,8-10H2,1-2H3. The quantitative estimate of drug-likeness (QED) is 0.894. The maximum atomic E-state index is 10.7. The van der Waals surface area contributed by atoms with Gasteiger partial charge in [-0.1, -0.05) is 6.07 Å². The summed E-state index contributed by atoms with van der Waals surface area (Å²) in [6, 6.07) is 8.25. The second-order valence-electron chi connectivity index (χ2n) is 6.94. The molecular formula is C20H21NO5. The van der Waals surface area contributed by atoms with Crippen molar-refractivity contribution in [3.05, 3.63) is 46.5 Å². The molecule has 0 bridgehead atoms. The molecule has 6 nitrogen and oxygen atoms in total. The Labute approximate surface area is 151 Å². The summed E-state index contributed by atoms with van der Waals surface area (Å²) in [6.07, 6.45) is 0.309. The Morgan fingerprint density at radius 2 is 1.85 bits per heavy atom.